The minimum Gasteiger partial charge on any atom is -0.346 e. The summed E-state index contributed by atoms with van der Waals surface area (Å²) in [4.78, 5) is 30.2. The summed E-state index contributed by atoms with van der Waals surface area (Å²) < 4.78 is 23.4. The smallest absolute Gasteiger partial charge is 0.244 e. The van der Waals surface area contributed by atoms with Crippen LogP contribution in [0.2, 0.25) is 0 Å². The van der Waals surface area contributed by atoms with Gasteiger partial charge in [-0.15, -0.1) is 0 Å². The number of hydrogen-bond donors (Lipinski definition) is 1. The van der Waals surface area contributed by atoms with Crippen LogP contribution in [0.5, 0.6) is 0 Å². The van der Waals surface area contributed by atoms with Crippen LogP contribution in [0.1, 0.15) is 57.2 Å². The zero-order chi connectivity index (χ0) is 27.7. The average Bonchev–Trinajstić information content (AvgIpc) is 2.87. The van der Waals surface area contributed by atoms with E-state index in [1.165, 1.54) is 6.26 Å². The Morgan fingerprint density at radius 2 is 1.68 bits per heavy atom. The fraction of sp³-hybridized carbons (Fsp3) is 0.467. The predicted octanol–water partition coefficient (Wildman–Crippen LogP) is 4.16. The molecule has 1 fully saturated rings. The van der Waals surface area contributed by atoms with Crippen molar-refractivity contribution >= 4 is 21.7 Å². The standard InChI is InChI=1S/C30H41N3O4S/c1-5-33(30(35)22-24-11-13-27(14-12-24)38(4,36)37)26-15-18-32(19-16-26)20-17-28(25-9-7-6-8-10-25)31-29(34)21-23(2)3/h6-14,21,26,28H,5,15-20,22H2,1-4H3,(H,31,34). The van der Waals surface area contributed by atoms with Gasteiger partial charge in [-0.25, -0.2) is 8.42 Å². The summed E-state index contributed by atoms with van der Waals surface area (Å²) in [5.41, 5.74) is 2.89. The number of nitrogens with one attached hydrogen (secondary N) is 1. The number of allylic oxidation sites excluding steroid dienone is 1. The summed E-state index contributed by atoms with van der Waals surface area (Å²) in [6, 6.07) is 16.8. The van der Waals surface area contributed by atoms with Crippen molar-refractivity contribution in [2.24, 2.45) is 0 Å². The summed E-state index contributed by atoms with van der Waals surface area (Å²) in [5, 5.41) is 3.16. The van der Waals surface area contributed by atoms with Crippen LogP contribution in [-0.2, 0) is 25.8 Å². The van der Waals surface area contributed by atoms with Crippen LogP contribution in [0.3, 0.4) is 0 Å². The molecule has 1 unspecified atom stereocenters. The van der Waals surface area contributed by atoms with Crippen molar-refractivity contribution in [2.75, 3.05) is 32.4 Å². The second-order valence-corrected chi connectivity index (χ2v) is 12.3. The lowest BCUT2D eigenvalue weighted by molar-refractivity contribution is -0.133. The summed E-state index contributed by atoms with van der Waals surface area (Å²) >= 11 is 0. The molecule has 0 bridgehead atoms. The van der Waals surface area contributed by atoms with E-state index in [2.05, 4.69) is 22.3 Å². The summed E-state index contributed by atoms with van der Waals surface area (Å²) in [7, 11) is -3.25. The lowest BCUT2D eigenvalue weighted by atomic mass is 9.99. The minimum atomic E-state index is -3.25. The van der Waals surface area contributed by atoms with Gasteiger partial charge in [0.1, 0.15) is 0 Å². The van der Waals surface area contributed by atoms with Crippen molar-refractivity contribution in [1.29, 1.82) is 0 Å². The third-order valence-electron chi connectivity index (χ3n) is 7.04. The maximum absolute atomic E-state index is 13.1. The zero-order valence-electron chi connectivity index (χ0n) is 23.0. The van der Waals surface area contributed by atoms with Gasteiger partial charge >= 0.3 is 0 Å². The molecular formula is C30H41N3O4S. The van der Waals surface area contributed by atoms with Crippen LogP contribution < -0.4 is 5.32 Å². The molecule has 0 aliphatic carbocycles. The quantitative estimate of drug-likeness (QED) is 0.434. The second kappa shape index (κ2) is 13.7. The Morgan fingerprint density at radius 3 is 2.24 bits per heavy atom. The van der Waals surface area contributed by atoms with E-state index in [4.69, 9.17) is 0 Å². The van der Waals surface area contributed by atoms with Crippen molar-refractivity contribution in [3.05, 3.63) is 77.4 Å². The van der Waals surface area contributed by atoms with Crippen LogP contribution in [-0.4, -0.2) is 68.5 Å². The molecule has 7 nitrogen and oxygen atoms in total. The third-order valence-corrected chi connectivity index (χ3v) is 8.17. The Labute approximate surface area is 227 Å². The Kier molecular flexibility index (Phi) is 10.7. The highest BCUT2D eigenvalue weighted by molar-refractivity contribution is 7.90. The monoisotopic (exact) mass is 539 g/mol. The van der Waals surface area contributed by atoms with E-state index in [0.717, 1.165) is 55.6 Å². The Morgan fingerprint density at radius 1 is 1.05 bits per heavy atom. The number of nitrogens with zero attached hydrogens (tertiary/aromatic N) is 2. The predicted molar refractivity (Wildman–Crippen MR) is 151 cm³/mol. The highest BCUT2D eigenvalue weighted by Gasteiger charge is 2.27. The van der Waals surface area contributed by atoms with E-state index in [9.17, 15) is 18.0 Å². The van der Waals surface area contributed by atoms with Crippen molar-refractivity contribution in [3.8, 4) is 0 Å². The number of hydrogen-bond acceptors (Lipinski definition) is 5. The number of benzene rings is 2. The zero-order valence-corrected chi connectivity index (χ0v) is 23.8. The molecule has 3 rings (SSSR count). The van der Waals surface area contributed by atoms with Gasteiger partial charge in [-0.2, -0.15) is 0 Å². The number of likely N-dealkylation sites (N-methyl/N-ethyl adjacent to an activating group) is 1. The number of carbonyl (C=O) groups is 2. The van der Waals surface area contributed by atoms with Crippen molar-refractivity contribution < 1.29 is 18.0 Å². The fourth-order valence-electron chi connectivity index (χ4n) is 5.02. The molecule has 2 aromatic rings. The number of amides is 2. The summed E-state index contributed by atoms with van der Waals surface area (Å²) in [5.74, 6) is 0.00445. The Bertz CT molecular complexity index is 1200. The van der Waals surface area contributed by atoms with Crippen LogP contribution in [0.15, 0.2) is 71.1 Å². The SMILES string of the molecule is CCN(C(=O)Cc1ccc(S(C)(=O)=O)cc1)C1CCN(CCC(NC(=O)C=C(C)C)c2ccccc2)CC1. The van der Waals surface area contributed by atoms with Crippen LogP contribution >= 0.6 is 0 Å². The molecule has 8 heteroatoms. The van der Waals surface area contributed by atoms with Crippen molar-refractivity contribution in [1.82, 2.24) is 15.1 Å². The molecule has 1 N–H and O–H groups in total. The van der Waals surface area contributed by atoms with E-state index in [0.29, 0.717) is 6.54 Å². The summed E-state index contributed by atoms with van der Waals surface area (Å²) in [6.07, 6.45) is 5.72. The average molecular weight is 540 g/mol. The van der Waals surface area contributed by atoms with Gasteiger partial charge in [0.2, 0.25) is 11.8 Å². The molecule has 1 aliphatic heterocycles. The maximum Gasteiger partial charge on any atom is 0.244 e. The van der Waals surface area contributed by atoms with Gasteiger partial charge in [0.15, 0.2) is 9.84 Å². The number of rotatable bonds is 11. The molecule has 1 heterocycles. The third kappa shape index (κ3) is 8.81. The first-order valence-electron chi connectivity index (χ1n) is 13.4. The van der Waals surface area contributed by atoms with Gasteiger partial charge in [0.05, 0.1) is 17.4 Å². The molecule has 0 aromatic heterocycles. The molecule has 206 valence electrons. The lowest BCUT2D eigenvalue weighted by Crippen LogP contribution is -2.48. The minimum absolute atomic E-state index is 0.0557. The summed E-state index contributed by atoms with van der Waals surface area (Å²) in [6.45, 7) is 9.17. The van der Waals surface area contributed by atoms with E-state index in [1.54, 1.807) is 30.3 Å². The fourth-order valence-corrected chi connectivity index (χ4v) is 5.65. The molecule has 1 saturated heterocycles. The van der Waals surface area contributed by atoms with E-state index < -0.39 is 9.84 Å². The Hall–Kier alpha value is -2.97. The molecular weight excluding hydrogens is 498 g/mol. The van der Waals surface area contributed by atoms with Gasteiger partial charge in [-0.05, 0) is 63.3 Å². The van der Waals surface area contributed by atoms with Crippen molar-refractivity contribution in [3.63, 3.8) is 0 Å². The van der Waals surface area contributed by atoms with Gasteiger partial charge < -0.3 is 15.1 Å². The lowest BCUT2D eigenvalue weighted by Gasteiger charge is -2.38. The van der Waals surface area contributed by atoms with Gasteiger partial charge in [-0.3, -0.25) is 9.59 Å². The number of piperidine rings is 1. The topological polar surface area (TPSA) is 86.8 Å². The first-order valence-corrected chi connectivity index (χ1v) is 15.3. The van der Waals surface area contributed by atoms with Crippen LogP contribution in [0, 0.1) is 0 Å². The van der Waals surface area contributed by atoms with Crippen molar-refractivity contribution in [2.45, 2.75) is 63.4 Å². The molecule has 2 amide bonds. The number of carbonyl (C=O) groups excluding carboxylic acids is 2. The van der Waals surface area contributed by atoms with E-state index >= 15 is 0 Å². The second-order valence-electron chi connectivity index (χ2n) is 10.3. The van der Waals surface area contributed by atoms with Gasteiger partial charge in [0, 0.05) is 44.6 Å². The number of likely N-dealkylation sites (tertiary alicyclic amines) is 1. The van der Waals surface area contributed by atoms with E-state index in [1.807, 2.05) is 43.9 Å². The first kappa shape index (κ1) is 29.6. The highest BCUT2D eigenvalue weighted by atomic mass is 32.2. The van der Waals surface area contributed by atoms with Gasteiger partial charge in [-0.1, -0.05) is 48.0 Å². The molecule has 2 aromatic carbocycles. The maximum atomic E-state index is 13.1. The molecule has 0 radical (unpaired) electrons. The number of sulfone groups is 1. The largest absolute Gasteiger partial charge is 0.346 e. The first-order chi connectivity index (χ1) is 18.1. The Balaban J connectivity index is 1.53. The normalized spacial score (nSPS) is 15.5. The molecule has 1 aliphatic rings. The van der Waals surface area contributed by atoms with Crippen LogP contribution in [0.25, 0.3) is 0 Å². The molecule has 38 heavy (non-hydrogen) atoms. The van der Waals surface area contributed by atoms with Gasteiger partial charge in [0.25, 0.3) is 0 Å². The van der Waals surface area contributed by atoms with Crippen LogP contribution in [0.4, 0.5) is 0 Å². The molecule has 1 atom stereocenters. The highest BCUT2D eigenvalue weighted by Crippen LogP contribution is 2.22. The molecule has 0 saturated carbocycles. The van der Waals surface area contributed by atoms with E-state index in [-0.39, 0.29) is 35.2 Å². The molecule has 0 spiro atoms.